The number of hydrogen-bond donors (Lipinski definition) is 1. The maximum Gasteiger partial charge on any atom is 0.205 e. The Bertz CT molecular complexity index is 218. The van der Waals surface area contributed by atoms with E-state index in [1.807, 2.05) is 4.90 Å². The van der Waals surface area contributed by atoms with Gasteiger partial charge in [-0.2, -0.15) is 4.37 Å². The molecule has 0 unspecified atom stereocenters. The number of nitrogens with zero attached hydrogens (tertiary/aromatic N) is 3. The molecule has 1 aromatic heterocycles. The van der Waals surface area contributed by atoms with Gasteiger partial charge in [0.25, 0.3) is 0 Å². The number of hydrogen-bond acceptors (Lipinski definition) is 6. The van der Waals surface area contributed by atoms with Crippen molar-refractivity contribution in [2.24, 2.45) is 0 Å². The summed E-state index contributed by atoms with van der Waals surface area (Å²) in [4.78, 5) is 6.00. The molecule has 1 heterocycles. The van der Waals surface area contributed by atoms with Crippen LogP contribution in [0.2, 0.25) is 0 Å². The van der Waals surface area contributed by atoms with Crippen LogP contribution in [-0.2, 0) is 4.74 Å². The van der Waals surface area contributed by atoms with Crippen LogP contribution in [0.3, 0.4) is 0 Å². The van der Waals surface area contributed by atoms with Gasteiger partial charge in [-0.15, -0.1) is 0 Å². The Morgan fingerprint density at radius 2 is 2.46 bits per heavy atom. The van der Waals surface area contributed by atoms with E-state index in [9.17, 15) is 0 Å². The van der Waals surface area contributed by atoms with Crippen molar-refractivity contribution in [2.45, 2.75) is 0 Å². The number of methoxy groups -OCH3 is 1. The summed E-state index contributed by atoms with van der Waals surface area (Å²) in [6.07, 6.45) is 1.51. The van der Waals surface area contributed by atoms with E-state index in [2.05, 4.69) is 9.36 Å². The predicted molar refractivity (Wildman–Crippen MR) is 51.1 cm³/mol. The summed E-state index contributed by atoms with van der Waals surface area (Å²) < 4.78 is 8.85. The molecule has 13 heavy (non-hydrogen) atoms. The molecule has 0 atom stereocenters. The molecule has 1 rings (SSSR count). The summed E-state index contributed by atoms with van der Waals surface area (Å²) in [6.45, 7) is 2.04. The van der Waals surface area contributed by atoms with Gasteiger partial charge in [0, 0.05) is 31.7 Å². The molecular formula is C7H13N3O2S. The third-order valence-electron chi connectivity index (χ3n) is 1.56. The number of aliphatic hydroxyl groups is 1. The van der Waals surface area contributed by atoms with Crippen LogP contribution in [0.5, 0.6) is 0 Å². The summed E-state index contributed by atoms with van der Waals surface area (Å²) in [7, 11) is 1.65. The second kappa shape index (κ2) is 5.85. The van der Waals surface area contributed by atoms with Crippen molar-refractivity contribution in [2.75, 3.05) is 38.3 Å². The summed E-state index contributed by atoms with van der Waals surface area (Å²) in [6, 6.07) is 0. The van der Waals surface area contributed by atoms with Gasteiger partial charge in [0.15, 0.2) is 0 Å². The molecule has 0 spiro atoms. The minimum absolute atomic E-state index is 0.114. The van der Waals surface area contributed by atoms with Gasteiger partial charge in [-0.05, 0) is 0 Å². The minimum Gasteiger partial charge on any atom is -0.395 e. The third-order valence-corrected chi connectivity index (χ3v) is 2.28. The second-order valence-corrected chi connectivity index (χ2v) is 3.19. The first-order valence-electron chi connectivity index (χ1n) is 4.00. The van der Waals surface area contributed by atoms with Crippen molar-refractivity contribution >= 4 is 16.7 Å². The highest BCUT2D eigenvalue weighted by Crippen LogP contribution is 2.13. The van der Waals surface area contributed by atoms with Crippen LogP contribution in [-0.4, -0.2) is 47.9 Å². The highest BCUT2D eigenvalue weighted by Gasteiger charge is 2.07. The van der Waals surface area contributed by atoms with Gasteiger partial charge >= 0.3 is 0 Å². The maximum atomic E-state index is 8.81. The van der Waals surface area contributed by atoms with Crippen LogP contribution in [0.1, 0.15) is 0 Å². The zero-order valence-corrected chi connectivity index (χ0v) is 8.33. The second-order valence-electron chi connectivity index (χ2n) is 2.43. The molecule has 0 aliphatic heterocycles. The Labute approximate surface area is 81.1 Å². The van der Waals surface area contributed by atoms with Crippen LogP contribution in [0.25, 0.3) is 0 Å². The fraction of sp³-hybridized carbons (Fsp3) is 0.714. The fourth-order valence-corrected chi connectivity index (χ4v) is 1.51. The molecule has 0 aromatic carbocycles. The summed E-state index contributed by atoms with van der Waals surface area (Å²) in [5, 5.41) is 9.63. The van der Waals surface area contributed by atoms with E-state index >= 15 is 0 Å². The van der Waals surface area contributed by atoms with Crippen LogP contribution in [0.15, 0.2) is 6.33 Å². The topological polar surface area (TPSA) is 58.5 Å². The highest BCUT2D eigenvalue weighted by atomic mass is 32.1. The van der Waals surface area contributed by atoms with Crippen molar-refractivity contribution < 1.29 is 9.84 Å². The van der Waals surface area contributed by atoms with E-state index in [-0.39, 0.29) is 6.61 Å². The van der Waals surface area contributed by atoms with Crippen LogP contribution < -0.4 is 4.90 Å². The maximum absolute atomic E-state index is 8.81. The zero-order chi connectivity index (χ0) is 9.52. The molecule has 0 amide bonds. The molecule has 5 nitrogen and oxygen atoms in total. The van der Waals surface area contributed by atoms with Gasteiger partial charge in [-0.3, -0.25) is 0 Å². The number of ether oxygens (including phenoxy) is 1. The van der Waals surface area contributed by atoms with E-state index in [4.69, 9.17) is 9.84 Å². The highest BCUT2D eigenvalue weighted by molar-refractivity contribution is 7.09. The third kappa shape index (κ3) is 3.25. The molecule has 74 valence electrons. The molecule has 0 saturated carbocycles. The van der Waals surface area contributed by atoms with Gasteiger partial charge in [0.1, 0.15) is 6.33 Å². The van der Waals surface area contributed by atoms with Crippen molar-refractivity contribution in [3.05, 3.63) is 6.33 Å². The van der Waals surface area contributed by atoms with Crippen LogP contribution in [0.4, 0.5) is 5.13 Å². The Morgan fingerprint density at radius 3 is 3.00 bits per heavy atom. The lowest BCUT2D eigenvalue weighted by Gasteiger charge is -2.19. The van der Waals surface area contributed by atoms with E-state index in [1.165, 1.54) is 17.9 Å². The largest absolute Gasteiger partial charge is 0.395 e. The molecule has 0 saturated heterocycles. The van der Waals surface area contributed by atoms with E-state index in [0.717, 1.165) is 11.7 Å². The molecule has 0 aliphatic rings. The Morgan fingerprint density at radius 1 is 1.62 bits per heavy atom. The molecule has 6 heteroatoms. The summed E-state index contributed by atoms with van der Waals surface area (Å²) >= 11 is 1.32. The van der Waals surface area contributed by atoms with Crippen LogP contribution in [0, 0.1) is 0 Å². The number of rotatable bonds is 6. The van der Waals surface area contributed by atoms with E-state index < -0.39 is 0 Å². The molecule has 0 aliphatic carbocycles. The molecular weight excluding hydrogens is 190 g/mol. The lowest BCUT2D eigenvalue weighted by Crippen LogP contribution is -2.29. The predicted octanol–water partition coefficient (Wildman–Crippen LogP) is -0.0168. The van der Waals surface area contributed by atoms with Gasteiger partial charge in [0.05, 0.1) is 13.2 Å². The fourth-order valence-electron chi connectivity index (χ4n) is 0.932. The number of aromatic nitrogens is 2. The van der Waals surface area contributed by atoms with E-state index in [1.54, 1.807) is 7.11 Å². The normalized spacial score (nSPS) is 10.3. The average molecular weight is 203 g/mol. The lowest BCUT2D eigenvalue weighted by molar-refractivity contribution is 0.203. The Balaban J connectivity index is 2.47. The van der Waals surface area contributed by atoms with Gasteiger partial charge in [-0.1, -0.05) is 0 Å². The summed E-state index contributed by atoms with van der Waals surface area (Å²) in [5.41, 5.74) is 0. The van der Waals surface area contributed by atoms with Crippen molar-refractivity contribution in [3.8, 4) is 0 Å². The van der Waals surface area contributed by atoms with Gasteiger partial charge < -0.3 is 14.7 Å². The quantitative estimate of drug-likeness (QED) is 0.704. The molecule has 0 bridgehead atoms. The van der Waals surface area contributed by atoms with Gasteiger partial charge in [0.2, 0.25) is 5.13 Å². The molecule has 0 radical (unpaired) electrons. The number of aliphatic hydroxyl groups excluding tert-OH is 1. The first-order chi connectivity index (χ1) is 6.38. The smallest absolute Gasteiger partial charge is 0.205 e. The minimum atomic E-state index is 0.114. The van der Waals surface area contributed by atoms with Crippen LogP contribution >= 0.6 is 11.5 Å². The first kappa shape index (κ1) is 10.4. The number of anilines is 1. The van der Waals surface area contributed by atoms with Crippen molar-refractivity contribution in [1.29, 1.82) is 0 Å². The summed E-state index contributed by atoms with van der Waals surface area (Å²) in [5.74, 6) is 0. The molecule has 1 aromatic rings. The van der Waals surface area contributed by atoms with Crippen molar-refractivity contribution in [3.63, 3.8) is 0 Å². The molecule has 0 fully saturated rings. The average Bonchev–Trinajstić information content (AvgIpc) is 2.65. The SMILES string of the molecule is COCCN(CCO)c1ncns1. The first-order valence-corrected chi connectivity index (χ1v) is 4.77. The lowest BCUT2D eigenvalue weighted by atomic mass is 10.5. The molecule has 1 N–H and O–H groups in total. The standard InChI is InChI=1S/C7H13N3O2S/c1-12-5-3-10(2-4-11)7-8-6-9-13-7/h6,11H,2-5H2,1H3. The Hall–Kier alpha value is -0.720. The van der Waals surface area contributed by atoms with Crippen molar-refractivity contribution in [1.82, 2.24) is 9.36 Å². The van der Waals surface area contributed by atoms with E-state index in [0.29, 0.717) is 13.2 Å². The monoisotopic (exact) mass is 203 g/mol. The Kier molecular flexibility index (Phi) is 4.66. The zero-order valence-electron chi connectivity index (χ0n) is 7.51. The van der Waals surface area contributed by atoms with Gasteiger partial charge in [-0.25, -0.2) is 4.98 Å².